The third-order valence-electron chi connectivity index (χ3n) is 6.86. The molecule has 2 rings (SSSR count). The molecule has 9 heteroatoms. The number of carboxylic acids is 1. The van der Waals surface area contributed by atoms with Gasteiger partial charge in [0.25, 0.3) is 0 Å². The first-order valence-electron chi connectivity index (χ1n) is 12.6. The highest BCUT2D eigenvalue weighted by atomic mass is 16.4. The fourth-order valence-electron chi connectivity index (χ4n) is 4.12. The van der Waals surface area contributed by atoms with Gasteiger partial charge in [-0.1, -0.05) is 70.9 Å². The van der Waals surface area contributed by atoms with Gasteiger partial charge in [-0.15, -0.1) is 0 Å². The molecule has 3 amide bonds. The largest absolute Gasteiger partial charge is 0.480 e. The van der Waals surface area contributed by atoms with Crippen LogP contribution >= 0.6 is 0 Å². The van der Waals surface area contributed by atoms with Crippen molar-refractivity contribution in [3.05, 3.63) is 35.9 Å². The fraction of sp³-hybridized carbons (Fsp3) is 0.615. The third-order valence-corrected chi connectivity index (χ3v) is 6.86. The van der Waals surface area contributed by atoms with E-state index >= 15 is 0 Å². The Bertz CT molecular complexity index is 857. The van der Waals surface area contributed by atoms with E-state index in [1.807, 2.05) is 51.1 Å². The molecule has 0 saturated carbocycles. The highest BCUT2D eigenvalue weighted by molar-refractivity contribution is 5.94. The first-order chi connectivity index (χ1) is 16.7. The molecule has 9 nitrogen and oxygen atoms in total. The van der Waals surface area contributed by atoms with Crippen LogP contribution in [0.2, 0.25) is 0 Å². The van der Waals surface area contributed by atoms with E-state index in [4.69, 9.17) is 0 Å². The molecule has 0 aromatic heterocycles. The number of rotatable bonds is 13. The van der Waals surface area contributed by atoms with Crippen LogP contribution in [-0.4, -0.2) is 59.5 Å². The predicted octanol–water partition coefficient (Wildman–Crippen LogP) is 1.61. The lowest BCUT2D eigenvalue weighted by molar-refractivity contribution is -0.143. The molecule has 1 aromatic carbocycles. The summed E-state index contributed by atoms with van der Waals surface area (Å²) in [5.41, 5.74) is 0.822. The molecule has 0 spiro atoms. The fourth-order valence-corrected chi connectivity index (χ4v) is 4.12. The zero-order chi connectivity index (χ0) is 26.0. The number of benzene rings is 1. The number of amides is 3. The predicted molar refractivity (Wildman–Crippen MR) is 134 cm³/mol. The third kappa shape index (κ3) is 8.35. The lowest BCUT2D eigenvalue weighted by atomic mass is 9.96. The maximum Gasteiger partial charge on any atom is 0.326 e. The summed E-state index contributed by atoms with van der Waals surface area (Å²) in [7, 11) is 0. The van der Waals surface area contributed by atoms with Crippen molar-refractivity contribution in [2.45, 2.75) is 84.0 Å². The van der Waals surface area contributed by atoms with Crippen molar-refractivity contribution < 1.29 is 24.3 Å². The molecule has 1 fully saturated rings. The summed E-state index contributed by atoms with van der Waals surface area (Å²) in [6.07, 6.45) is 3.03. The minimum absolute atomic E-state index is 0.160. The topological polar surface area (TPSA) is 137 Å². The molecule has 194 valence electrons. The van der Waals surface area contributed by atoms with E-state index < -0.39 is 35.9 Å². The summed E-state index contributed by atoms with van der Waals surface area (Å²) in [6.45, 7) is 8.19. The van der Waals surface area contributed by atoms with E-state index in [1.165, 1.54) is 0 Å². The van der Waals surface area contributed by atoms with E-state index in [-0.39, 0.29) is 30.2 Å². The van der Waals surface area contributed by atoms with Gasteiger partial charge in [-0.3, -0.25) is 14.4 Å². The zero-order valence-corrected chi connectivity index (χ0v) is 21.2. The average Bonchev–Trinajstić information content (AvgIpc) is 3.39. The molecule has 1 saturated heterocycles. The summed E-state index contributed by atoms with van der Waals surface area (Å²) >= 11 is 0. The maximum absolute atomic E-state index is 13.4. The van der Waals surface area contributed by atoms with E-state index in [0.29, 0.717) is 19.3 Å². The molecule has 1 heterocycles. The quantitative estimate of drug-likeness (QED) is 0.286. The van der Waals surface area contributed by atoms with Crippen LogP contribution in [0.25, 0.3) is 0 Å². The summed E-state index contributed by atoms with van der Waals surface area (Å²) in [4.78, 5) is 51.1. The van der Waals surface area contributed by atoms with Crippen molar-refractivity contribution in [1.29, 1.82) is 0 Å². The van der Waals surface area contributed by atoms with Crippen LogP contribution in [0.4, 0.5) is 0 Å². The van der Waals surface area contributed by atoms with Crippen LogP contribution in [0, 0.1) is 11.8 Å². The van der Waals surface area contributed by atoms with Crippen LogP contribution < -0.4 is 21.3 Å². The van der Waals surface area contributed by atoms with Crippen LogP contribution in [-0.2, 0) is 25.6 Å². The van der Waals surface area contributed by atoms with E-state index in [9.17, 15) is 24.3 Å². The first kappa shape index (κ1) is 28.3. The van der Waals surface area contributed by atoms with Gasteiger partial charge in [0.1, 0.15) is 18.1 Å². The Balaban J connectivity index is 2.22. The van der Waals surface area contributed by atoms with E-state index in [2.05, 4.69) is 21.3 Å². The Kier molecular flexibility index (Phi) is 11.2. The molecule has 6 atom stereocenters. The molecule has 0 radical (unpaired) electrons. The number of carbonyl (C=O) groups is 4. The van der Waals surface area contributed by atoms with Crippen LogP contribution in [0.3, 0.4) is 0 Å². The SMILES string of the molecule is CCC(C)C(NC(=O)C(Cc1ccccc1)NC(=O)C(NC(=O)C1CCCN1)C(C)CC)C(=O)O. The highest BCUT2D eigenvalue weighted by Gasteiger charge is 2.34. The van der Waals surface area contributed by atoms with Crippen molar-refractivity contribution in [3.63, 3.8) is 0 Å². The van der Waals surface area contributed by atoms with Gasteiger partial charge in [0.15, 0.2) is 0 Å². The average molecular weight is 489 g/mol. The number of carbonyl (C=O) groups excluding carboxylic acids is 3. The summed E-state index contributed by atoms with van der Waals surface area (Å²) in [5.74, 6) is -2.82. The second-order valence-electron chi connectivity index (χ2n) is 9.48. The molecule has 6 unspecified atom stereocenters. The van der Waals surface area contributed by atoms with Crippen LogP contribution in [0.1, 0.15) is 58.9 Å². The van der Waals surface area contributed by atoms with Crippen molar-refractivity contribution in [1.82, 2.24) is 21.3 Å². The Morgan fingerprint density at radius 1 is 0.943 bits per heavy atom. The lowest BCUT2D eigenvalue weighted by Crippen LogP contribution is -2.59. The smallest absolute Gasteiger partial charge is 0.326 e. The molecule has 1 aromatic rings. The molecule has 0 bridgehead atoms. The van der Waals surface area contributed by atoms with Gasteiger partial charge in [0.05, 0.1) is 6.04 Å². The zero-order valence-electron chi connectivity index (χ0n) is 21.2. The summed E-state index contributed by atoms with van der Waals surface area (Å²) < 4.78 is 0. The van der Waals surface area contributed by atoms with E-state index in [0.717, 1.165) is 18.5 Å². The van der Waals surface area contributed by atoms with Crippen molar-refractivity contribution in [3.8, 4) is 0 Å². The minimum Gasteiger partial charge on any atom is -0.480 e. The van der Waals surface area contributed by atoms with Crippen LogP contribution in [0.15, 0.2) is 30.3 Å². The number of hydrogen-bond acceptors (Lipinski definition) is 5. The van der Waals surface area contributed by atoms with Crippen molar-refractivity contribution in [2.75, 3.05) is 6.54 Å². The second kappa shape index (κ2) is 13.8. The summed E-state index contributed by atoms with van der Waals surface area (Å²) in [6, 6.07) is 6.00. The van der Waals surface area contributed by atoms with Gasteiger partial charge in [-0.2, -0.15) is 0 Å². The van der Waals surface area contributed by atoms with E-state index in [1.54, 1.807) is 6.92 Å². The summed E-state index contributed by atoms with van der Waals surface area (Å²) in [5, 5.41) is 21.0. The molecule has 1 aliphatic heterocycles. The Morgan fingerprint density at radius 3 is 2.11 bits per heavy atom. The van der Waals surface area contributed by atoms with Gasteiger partial charge in [0, 0.05) is 6.42 Å². The number of nitrogens with one attached hydrogen (secondary N) is 4. The van der Waals surface area contributed by atoms with Gasteiger partial charge < -0.3 is 26.4 Å². The van der Waals surface area contributed by atoms with Gasteiger partial charge in [0.2, 0.25) is 17.7 Å². The van der Waals surface area contributed by atoms with Crippen molar-refractivity contribution >= 4 is 23.7 Å². The normalized spacial score (nSPS) is 19.6. The standard InChI is InChI=1S/C26H40N4O5/c1-5-16(3)21(29-23(31)19-13-10-14-27-19)25(33)28-20(15-18-11-8-7-9-12-18)24(32)30-22(26(34)35)17(4)6-2/h7-9,11-12,16-17,19-22,27H,5-6,10,13-15H2,1-4H3,(H,28,33)(H,29,31)(H,30,32)(H,34,35). The minimum atomic E-state index is -1.12. The molecule has 35 heavy (non-hydrogen) atoms. The van der Waals surface area contributed by atoms with Gasteiger partial charge >= 0.3 is 5.97 Å². The molecular weight excluding hydrogens is 448 g/mol. The Morgan fingerprint density at radius 2 is 1.57 bits per heavy atom. The number of carboxylic acid groups (broad SMARTS) is 1. The molecule has 1 aliphatic rings. The molecule has 0 aliphatic carbocycles. The maximum atomic E-state index is 13.4. The number of hydrogen-bond donors (Lipinski definition) is 5. The lowest BCUT2D eigenvalue weighted by Gasteiger charge is -2.28. The van der Waals surface area contributed by atoms with Gasteiger partial charge in [-0.05, 0) is 36.8 Å². The Hall–Kier alpha value is -2.94. The molecular formula is C26H40N4O5. The number of aliphatic carboxylic acids is 1. The van der Waals surface area contributed by atoms with Crippen molar-refractivity contribution in [2.24, 2.45) is 11.8 Å². The monoisotopic (exact) mass is 488 g/mol. The highest BCUT2D eigenvalue weighted by Crippen LogP contribution is 2.13. The second-order valence-corrected chi connectivity index (χ2v) is 9.48. The van der Waals surface area contributed by atoms with Crippen LogP contribution in [0.5, 0.6) is 0 Å². The van der Waals surface area contributed by atoms with Gasteiger partial charge in [-0.25, -0.2) is 4.79 Å². The molecule has 5 N–H and O–H groups in total. The Labute approximate surface area is 207 Å². The first-order valence-corrected chi connectivity index (χ1v) is 12.6.